The van der Waals surface area contributed by atoms with E-state index in [1.54, 1.807) is 97.1 Å². The first kappa shape index (κ1) is 68.2. The molecule has 0 atom stereocenters. The SMILES string of the molecule is CCCCCCCCC(=O)Nc1ccccc1OCCOc1ccc(C(=O)O)cc1.COc1ccccc1C(=O)Nc1ccccc1OCCOc1ccc(C(=O)O)cc1.O=C(O)c1ccc(OCCOc2ccccc2NC(=O)c2cc(F)cc(F)c2)cc1. The summed E-state index contributed by atoms with van der Waals surface area (Å²) >= 11 is 0. The zero-order chi connectivity index (χ0) is 64.5. The Morgan fingerprint density at radius 3 is 1.12 bits per heavy atom. The highest BCUT2D eigenvalue weighted by molar-refractivity contribution is 6.07. The van der Waals surface area contributed by atoms with E-state index in [2.05, 4.69) is 22.9 Å². The fourth-order valence-corrected chi connectivity index (χ4v) is 8.28. The molecule has 0 aliphatic rings. The molecule has 90 heavy (non-hydrogen) atoms. The van der Waals surface area contributed by atoms with Crippen LogP contribution in [0.5, 0.6) is 40.2 Å². The largest absolute Gasteiger partial charge is 0.496 e. The smallest absolute Gasteiger partial charge is 0.335 e. The summed E-state index contributed by atoms with van der Waals surface area (Å²) in [6.45, 7) is 3.59. The van der Waals surface area contributed by atoms with Crippen molar-refractivity contribution < 1.29 is 86.0 Å². The fraction of sp³-hybridized carbons (Fsp3) is 0.217. The molecule has 0 saturated heterocycles. The van der Waals surface area contributed by atoms with Crippen LogP contribution < -0.4 is 49.1 Å². The Balaban J connectivity index is 0.000000215. The summed E-state index contributed by atoms with van der Waals surface area (Å²) in [6, 6.07) is 48.8. The van der Waals surface area contributed by atoms with Gasteiger partial charge in [-0.3, -0.25) is 14.4 Å². The summed E-state index contributed by atoms with van der Waals surface area (Å²) in [5, 5.41) is 35.0. The van der Waals surface area contributed by atoms with Gasteiger partial charge in [-0.25, -0.2) is 23.2 Å². The molecule has 3 amide bonds. The van der Waals surface area contributed by atoms with E-state index < -0.39 is 35.4 Å². The molecule has 6 N–H and O–H groups in total. The van der Waals surface area contributed by atoms with Crippen molar-refractivity contribution >= 4 is 52.7 Å². The van der Waals surface area contributed by atoms with Crippen LogP contribution >= 0.6 is 0 Å². The topological polar surface area (TPSA) is 264 Å². The Morgan fingerprint density at radius 2 is 0.722 bits per heavy atom. The number of unbranched alkanes of at least 4 members (excludes halogenated alkanes) is 5. The average Bonchev–Trinajstić information content (AvgIpc) is 3.71. The van der Waals surface area contributed by atoms with E-state index in [-0.39, 0.29) is 60.5 Å². The second-order valence-electron chi connectivity index (χ2n) is 19.4. The molecule has 8 rings (SSSR count). The Bertz CT molecular complexity index is 3590. The molecular formula is C69H69F2N3O16. The van der Waals surface area contributed by atoms with Crippen molar-refractivity contribution in [3.05, 3.63) is 228 Å². The molecule has 8 aromatic rings. The third-order valence-corrected chi connectivity index (χ3v) is 12.8. The molecule has 0 aliphatic heterocycles. The summed E-state index contributed by atoms with van der Waals surface area (Å²) in [6.07, 6.45) is 7.38. The lowest BCUT2D eigenvalue weighted by Crippen LogP contribution is -2.15. The van der Waals surface area contributed by atoms with Gasteiger partial charge in [-0.1, -0.05) is 87.6 Å². The monoisotopic (exact) mass is 1230 g/mol. The first-order valence-corrected chi connectivity index (χ1v) is 28.7. The van der Waals surface area contributed by atoms with Gasteiger partial charge in [-0.15, -0.1) is 0 Å². The van der Waals surface area contributed by atoms with Gasteiger partial charge in [0.25, 0.3) is 11.8 Å². The number of hydrogen-bond acceptors (Lipinski definition) is 13. The summed E-state index contributed by atoms with van der Waals surface area (Å²) in [7, 11) is 1.51. The van der Waals surface area contributed by atoms with Gasteiger partial charge in [0.2, 0.25) is 5.91 Å². The Hall–Kier alpha value is -11.0. The maximum atomic E-state index is 13.3. The number of methoxy groups -OCH3 is 1. The van der Waals surface area contributed by atoms with E-state index in [9.17, 15) is 37.5 Å². The lowest BCUT2D eigenvalue weighted by Gasteiger charge is -2.14. The van der Waals surface area contributed by atoms with E-state index in [1.165, 1.54) is 81.3 Å². The Labute approximate surface area is 519 Å². The van der Waals surface area contributed by atoms with Crippen LogP contribution in [0.25, 0.3) is 0 Å². The number of aromatic carboxylic acids is 3. The molecule has 0 bridgehead atoms. The molecule has 19 nitrogen and oxygen atoms in total. The molecule has 8 aromatic carbocycles. The van der Waals surface area contributed by atoms with Crippen LogP contribution in [-0.2, 0) is 4.79 Å². The predicted octanol–water partition coefficient (Wildman–Crippen LogP) is 14.0. The Kier molecular flexibility index (Phi) is 27.9. The minimum absolute atomic E-state index is 0.00342. The Morgan fingerprint density at radius 1 is 0.378 bits per heavy atom. The van der Waals surface area contributed by atoms with Crippen LogP contribution in [0.3, 0.4) is 0 Å². The second kappa shape index (κ2) is 36.9. The zero-order valence-corrected chi connectivity index (χ0v) is 49.5. The third kappa shape index (κ3) is 23.4. The summed E-state index contributed by atoms with van der Waals surface area (Å²) in [4.78, 5) is 69.7. The van der Waals surface area contributed by atoms with E-state index in [0.717, 1.165) is 25.0 Å². The zero-order valence-electron chi connectivity index (χ0n) is 49.5. The number of para-hydroxylation sites is 7. The van der Waals surface area contributed by atoms with Crippen molar-refractivity contribution in [2.45, 2.75) is 51.9 Å². The van der Waals surface area contributed by atoms with E-state index in [1.807, 2.05) is 24.3 Å². The highest BCUT2D eigenvalue weighted by Crippen LogP contribution is 2.29. The van der Waals surface area contributed by atoms with E-state index in [4.69, 9.17) is 48.5 Å². The average molecular weight is 1230 g/mol. The van der Waals surface area contributed by atoms with Gasteiger partial charge >= 0.3 is 17.9 Å². The van der Waals surface area contributed by atoms with Gasteiger partial charge in [-0.2, -0.15) is 0 Å². The van der Waals surface area contributed by atoms with Crippen molar-refractivity contribution in [1.29, 1.82) is 0 Å². The minimum Gasteiger partial charge on any atom is -0.496 e. The van der Waals surface area contributed by atoms with Crippen LogP contribution in [0.2, 0.25) is 0 Å². The number of ether oxygens (including phenoxy) is 7. The first-order valence-electron chi connectivity index (χ1n) is 28.7. The van der Waals surface area contributed by atoms with Crippen LogP contribution in [-0.4, -0.2) is 97.7 Å². The minimum atomic E-state index is -1.02. The van der Waals surface area contributed by atoms with Gasteiger partial charge in [0, 0.05) is 18.1 Å². The number of anilines is 3. The molecule has 0 unspecified atom stereocenters. The molecule has 21 heteroatoms. The highest BCUT2D eigenvalue weighted by atomic mass is 19.1. The number of hydrogen-bond donors (Lipinski definition) is 6. The van der Waals surface area contributed by atoms with E-state index >= 15 is 0 Å². The number of carboxylic acids is 3. The van der Waals surface area contributed by atoms with E-state index in [0.29, 0.717) is 88.6 Å². The van der Waals surface area contributed by atoms with Gasteiger partial charge < -0.3 is 64.4 Å². The molecule has 0 fully saturated rings. The molecule has 0 aromatic heterocycles. The number of nitrogens with one attached hydrogen (secondary N) is 3. The molecule has 0 spiro atoms. The number of rotatable bonds is 31. The van der Waals surface area contributed by atoms with Gasteiger partial charge in [0.15, 0.2) is 0 Å². The van der Waals surface area contributed by atoms with Crippen LogP contribution in [0, 0.1) is 11.6 Å². The molecule has 0 saturated carbocycles. The number of carboxylic acid groups (broad SMARTS) is 3. The third-order valence-electron chi connectivity index (χ3n) is 12.8. The van der Waals surface area contributed by atoms with Crippen molar-refractivity contribution in [2.24, 2.45) is 0 Å². The molecule has 0 radical (unpaired) electrons. The summed E-state index contributed by atoms with van der Waals surface area (Å²) < 4.78 is 65.6. The van der Waals surface area contributed by atoms with Gasteiger partial charge in [0.05, 0.1) is 46.4 Å². The van der Waals surface area contributed by atoms with Crippen LogP contribution in [0.1, 0.15) is 104 Å². The maximum absolute atomic E-state index is 13.3. The van der Waals surface area contributed by atoms with Crippen molar-refractivity contribution in [1.82, 2.24) is 0 Å². The molecule has 0 aliphatic carbocycles. The maximum Gasteiger partial charge on any atom is 0.335 e. The molecular weight excluding hydrogens is 1160 g/mol. The van der Waals surface area contributed by atoms with Crippen molar-refractivity contribution in [3.63, 3.8) is 0 Å². The molecule has 470 valence electrons. The summed E-state index contributed by atoms with van der Waals surface area (Å²) in [5.41, 5.74) is 2.33. The second-order valence-corrected chi connectivity index (χ2v) is 19.4. The summed E-state index contributed by atoms with van der Waals surface area (Å²) in [5.74, 6) is -2.14. The first-order chi connectivity index (χ1) is 43.6. The lowest BCUT2D eigenvalue weighted by molar-refractivity contribution is -0.116. The number of amides is 3. The number of halogens is 2. The van der Waals surface area contributed by atoms with Crippen molar-refractivity contribution in [2.75, 3.05) is 62.7 Å². The van der Waals surface area contributed by atoms with Gasteiger partial charge in [-0.05, 0) is 140 Å². The quantitative estimate of drug-likeness (QED) is 0.0221. The lowest BCUT2D eigenvalue weighted by atomic mass is 10.1. The number of carbonyl (C=O) groups excluding carboxylic acids is 3. The number of benzene rings is 8. The highest BCUT2D eigenvalue weighted by Gasteiger charge is 2.16. The van der Waals surface area contributed by atoms with Crippen molar-refractivity contribution in [3.8, 4) is 40.2 Å². The standard InChI is InChI=1S/C24H31NO5.C23H21NO6.C22H17F2NO5/c1-2-3-4-5-6-7-12-23(26)25-21-10-8-9-11-22(21)30-18-17-29-20-15-13-19(14-16-20)24(27)28;1-28-20-8-4-2-6-18(20)22(25)24-19-7-3-5-9-21(19)30-15-14-29-17-12-10-16(11-13-17)23(26)27;23-16-11-15(12-17(24)13-16)21(26)25-19-3-1-2-4-20(19)30-10-9-29-18-7-5-14(6-8-18)22(27)28/h8-11,13-16H,2-7,12,17-18H2,1H3,(H,25,26)(H,27,28);2-13H,14-15H2,1H3,(H,24,25)(H,26,27);1-8,11-13H,9-10H2,(H,25,26)(H,27,28). The molecule has 0 heterocycles. The van der Waals surface area contributed by atoms with Crippen LogP contribution in [0.15, 0.2) is 188 Å². The van der Waals surface area contributed by atoms with Gasteiger partial charge in [0.1, 0.15) is 91.5 Å². The normalized spacial score (nSPS) is 10.3. The predicted molar refractivity (Wildman–Crippen MR) is 334 cm³/mol. The van der Waals surface area contributed by atoms with Crippen LogP contribution in [0.4, 0.5) is 25.8 Å². The fourth-order valence-electron chi connectivity index (χ4n) is 8.28. The number of carbonyl (C=O) groups is 6.